The van der Waals surface area contributed by atoms with Gasteiger partial charge >= 0.3 is 12.1 Å². The van der Waals surface area contributed by atoms with E-state index in [1.807, 2.05) is 0 Å². The number of nitrogens with zero attached hydrogens (tertiary/aromatic N) is 1. The Morgan fingerprint density at radius 1 is 1.50 bits per heavy atom. The summed E-state index contributed by atoms with van der Waals surface area (Å²) in [4.78, 5) is 14.6. The van der Waals surface area contributed by atoms with Crippen molar-refractivity contribution in [1.82, 2.24) is 4.98 Å². The van der Waals surface area contributed by atoms with Gasteiger partial charge < -0.3 is 10.1 Å². The van der Waals surface area contributed by atoms with Crippen LogP contribution in [-0.2, 0) is 15.7 Å². The number of carbonyl (C=O) groups excluding carboxylic acids is 1. The van der Waals surface area contributed by atoms with Crippen LogP contribution in [0.2, 0.25) is 0 Å². The van der Waals surface area contributed by atoms with Crippen molar-refractivity contribution in [2.24, 2.45) is 0 Å². The van der Waals surface area contributed by atoms with Gasteiger partial charge in [0.15, 0.2) is 0 Å². The number of nitrogens with one attached hydrogen (secondary N) is 1. The van der Waals surface area contributed by atoms with Crippen LogP contribution in [0.4, 0.5) is 19.0 Å². The molecule has 18 heavy (non-hydrogen) atoms. The lowest BCUT2D eigenvalue weighted by molar-refractivity contribution is -0.142. The number of alkyl halides is 3. The van der Waals surface area contributed by atoms with Gasteiger partial charge in [0.2, 0.25) is 0 Å². The number of hydrogen-bond donors (Lipinski definition) is 1. The lowest BCUT2D eigenvalue weighted by Crippen LogP contribution is -2.15. The molecule has 1 N–H and O–H groups in total. The number of pyridine rings is 1. The Bertz CT molecular complexity index is 408. The first-order valence-corrected chi connectivity index (χ1v) is 5.37. The molecular weight excluding hydrogens is 249 g/mol. The summed E-state index contributed by atoms with van der Waals surface area (Å²) in [6.07, 6.45) is -3.23. The van der Waals surface area contributed by atoms with Crippen LogP contribution in [0.3, 0.4) is 0 Å². The molecule has 4 nitrogen and oxygen atoms in total. The van der Waals surface area contributed by atoms with Gasteiger partial charge in [0.25, 0.3) is 0 Å². The Morgan fingerprint density at radius 3 is 2.83 bits per heavy atom. The van der Waals surface area contributed by atoms with Crippen molar-refractivity contribution < 1.29 is 22.7 Å². The summed E-state index contributed by atoms with van der Waals surface area (Å²) in [5, 5.41) is 2.48. The summed E-state index contributed by atoms with van der Waals surface area (Å²) in [6.45, 7) is 1.95. The van der Waals surface area contributed by atoms with Crippen molar-refractivity contribution >= 4 is 11.8 Å². The molecule has 0 spiro atoms. The summed E-state index contributed by atoms with van der Waals surface area (Å²) in [5.74, 6) is -0.746. The van der Waals surface area contributed by atoms with E-state index < -0.39 is 17.7 Å². The maximum absolute atomic E-state index is 12.6. The predicted molar refractivity (Wildman–Crippen MR) is 59.0 cm³/mol. The van der Waals surface area contributed by atoms with Crippen LogP contribution in [0, 0.1) is 0 Å². The molecule has 0 aliphatic heterocycles. The molecule has 1 aromatic rings. The number of ether oxygens (including phenoxy) is 1. The fourth-order valence-corrected chi connectivity index (χ4v) is 1.29. The zero-order valence-electron chi connectivity index (χ0n) is 9.75. The molecule has 100 valence electrons. The van der Waals surface area contributed by atoms with Gasteiger partial charge in [-0.25, -0.2) is 4.98 Å². The third-order valence-corrected chi connectivity index (χ3v) is 2.04. The normalized spacial score (nSPS) is 11.1. The number of esters is 1. The Labute approximate surface area is 102 Å². The first-order valence-electron chi connectivity index (χ1n) is 5.37. The van der Waals surface area contributed by atoms with Crippen LogP contribution >= 0.6 is 0 Å². The molecule has 0 atom stereocenters. The highest BCUT2D eigenvalue weighted by atomic mass is 19.4. The number of aromatic nitrogens is 1. The summed E-state index contributed by atoms with van der Waals surface area (Å²) < 4.78 is 42.4. The molecule has 0 amide bonds. The number of rotatable bonds is 5. The number of halogens is 3. The van der Waals surface area contributed by atoms with Crippen LogP contribution in [-0.4, -0.2) is 24.1 Å². The predicted octanol–water partition coefficient (Wildman–Crippen LogP) is 2.47. The van der Waals surface area contributed by atoms with E-state index in [1.165, 1.54) is 12.3 Å². The fourth-order valence-electron chi connectivity index (χ4n) is 1.29. The van der Waals surface area contributed by atoms with E-state index in [0.29, 0.717) is 0 Å². The van der Waals surface area contributed by atoms with E-state index in [-0.39, 0.29) is 25.4 Å². The van der Waals surface area contributed by atoms with Gasteiger partial charge in [0.05, 0.1) is 18.6 Å². The van der Waals surface area contributed by atoms with Gasteiger partial charge in [-0.1, -0.05) is 0 Å². The quantitative estimate of drug-likeness (QED) is 0.828. The molecule has 0 aliphatic rings. The van der Waals surface area contributed by atoms with Crippen molar-refractivity contribution in [2.75, 3.05) is 18.5 Å². The van der Waals surface area contributed by atoms with Crippen molar-refractivity contribution in [2.45, 2.75) is 19.5 Å². The summed E-state index contributed by atoms with van der Waals surface area (Å²) in [7, 11) is 0. The zero-order chi connectivity index (χ0) is 13.6. The highest BCUT2D eigenvalue weighted by Crippen LogP contribution is 2.33. The first kappa shape index (κ1) is 14.3. The minimum absolute atomic E-state index is 0.0122. The van der Waals surface area contributed by atoms with Gasteiger partial charge in [0, 0.05) is 12.7 Å². The maximum atomic E-state index is 12.6. The standard InChI is InChI=1S/C11H13F3N2O2/c1-2-18-9(17)5-7-16-10-8(11(12,13)14)4-3-6-15-10/h3-4,6H,2,5,7H2,1H3,(H,15,16). The smallest absolute Gasteiger partial charge is 0.419 e. The van der Waals surface area contributed by atoms with E-state index in [1.54, 1.807) is 6.92 Å². The highest BCUT2D eigenvalue weighted by molar-refractivity contribution is 5.70. The largest absolute Gasteiger partial charge is 0.466 e. The number of carbonyl (C=O) groups is 1. The molecule has 0 unspecified atom stereocenters. The fraction of sp³-hybridized carbons (Fsp3) is 0.455. The third kappa shape index (κ3) is 4.23. The average Bonchev–Trinajstić information content (AvgIpc) is 2.28. The molecule has 0 aliphatic carbocycles. The molecule has 0 saturated carbocycles. The summed E-state index contributed by atoms with van der Waals surface area (Å²) in [5.41, 5.74) is -0.853. The lowest BCUT2D eigenvalue weighted by atomic mass is 10.2. The minimum Gasteiger partial charge on any atom is -0.466 e. The topological polar surface area (TPSA) is 51.2 Å². The SMILES string of the molecule is CCOC(=O)CCNc1ncccc1C(F)(F)F. The Morgan fingerprint density at radius 2 is 2.22 bits per heavy atom. The highest BCUT2D eigenvalue weighted by Gasteiger charge is 2.33. The number of hydrogen-bond acceptors (Lipinski definition) is 4. The molecule has 0 fully saturated rings. The van der Waals surface area contributed by atoms with Gasteiger partial charge in [0.1, 0.15) is 5.82 Å². The van der Waals surface area contributed by atoms with Crippen LogP contribution in [0.15, 0.2) is 18.3 Å². The van der Waals surface area contributed by atoms with Gasteiger partial charge in [-0.05, 0) is 19.1 Å². The van der Waals surface area contributed by atoms with E-state index in [9.17, 15) is 18.0 Å². The van der Waals surface area contributed by atoms with Crippen LogP contribution in [0.5, 0.6) is 0 Å². The maximum Gasteiger partial charge on any atom is 0.419 e. The summed E-state index contributed by atoms with van der Waals surface area (Å²) in [6, 6.07) is 2.14. The Balaban J connectivity index is 2.60. The molecule has 0 bridgehead atoms. The molecule has 0 saturated heterocycles. The Hall–Kier alpha value is -1.79. The van der Waals surface area contributed by atoms with E-state index in [4.69, 9.17) is 0 Å². The van der Waals surface area contributed by atoms with E-state index in [0.717, 1.165) is 6.07 Å². The molecular formula is C11H13F3N2O2. The molecule has 7 heteroatoms. The van der Waals surface area contributed by atoms with E-state index >= 15 is 0 Å². The lowest BCUT2D eigenvalue weighted by Gasteiger charge is -2.12. The third-order valence-electron chi connectivity index (χ3n) is 2.04. The van der Waals surface area contributed by atoms with Crippen molar-refractivity contribution in [3.05, 3.63) is 23.9 Å². The molecule has 1 heterocycles. The van der Waals surface area contributed by atoms with Crippen molar-refractivity contribution in [1.29, 1.82) is 0 Å². The second-order valence-electron chi connectivity index (χ2n) is 3.38. The molecule has 0 radical (unpaired) electrons. The van der Waals surface area contributed by atoms with Gasteiger partial charge in [-0.2, -0.15) is 13.2 Å². The van der Waals surface area contributed by atoms with Crippen LogP contribution in [0.1, 0.15) is 18.9 Å². The van der Waals surface area contributed by atoms with E-state index in [2.05, 4.69) is 15.0 Å². The van der Waals surface area contributed by atoms with Crippen molar-refractivity contribution in [3.8, 4) is 0 Å². The summed E-state index contributed by atoms with van der Waals surface area (Å²) >= 11 is 0. The molecule has 1 aromatic heterocycles. The van der Waals surface area contributed by atoms with Gasteiger partial charge in [-0.15, -0.1) is 0 Å². The zero-order valence-corrected chi connectivity index (χ0v) is 9.75. The van der Waals surface area contributed by atoms with Gasteiger partial charge in [-0.3, -0.25) is 4.79 Å². The van der Waals surface area contributed by atoms with Crippen molar-refractivity contribution in [3.63, 3.8) is 0 Å². The molecule has 1 rings (SSSR count). The average molecular weight is 262 g/mol. The first-order chi connectivity index (χ1) is 8.45. The van der Waals surface area contributed by atoms with Crippen LogP contribution < -0.4 is 5.32 Å². The second kappa shape index (κ2) is 6.23. The Kier molecular flexibility index (Phi) is 4.94. The molecule has 0 aromatic carbocycles. The minimum atomic E-state index is -4.47. The van der Waals surface area contributed by atoms with Crippen LogP contribution in [0.25, 0.3) is 0 Å². The second-order valence-corrected chi connectivity index (χ2v) is 3.38. The monoisotopic (exact) mass is 262 g/mol. The number of anilines is 1.